The topological polar surface area (TPSA) is 398 Å². The molecule has 0 radical (unpaired) electrons. The first-order valence-corrected chi connectivity index (χ1v) is 30.4. The molecule has 27 heteroatoms. The lowest BCUT2D eigenvalue weighted by molar-refractivity contribution is -0.367. The Bertz CT molecular complexity index is 2570. The Morgan fingerprint density at radius 1 is 0.575 bits per heavy atom. The summed E-state index contributed by atoms with van der Waals surface area (Å²) < 4.78 is 71.1. The highest BCUT2D eigenvalue weighted by molar-refractivity contribution is 5.73. The van der Waals surface area contributed by atoms with Gasteiger partial charge in [0.15, 0.2) is 49.6 Å². The molecule has 0 amide bonds. The van der Waals surface area contributed by atoms with Gasteiger partial charge in [-0.15, -0.1) is 0 Å². The number of aliphatic carboxylic acids is 1. The molecule has 0 bridgehead atoms. The van der Waals surface area contributed by atoms with E-state index in [0.717, 1.165) is 34.1 Å². The smallest absolute Gasteiger partial charge is 0.335 e. The summed E-state index contributed by atoms with van der Waals surface area (Å²) in [5, 5.41) is 111. The third-order valence-corrected chi connectivity index (χ3v) is 22.2. The molecule has 9 aliphatic rings. The van der Waals surface area contributed by atoms with Crippen molar-refractivity contribution in [1.82, 2.24) is 0 Å². The second-order valence-corrected chi connectivity index (χ2v) is 27.9. The Kier molecular flexibility index (Phi) is 19.6. The fraction of sp³-hybridized carbons (Fsp3) is 0.883. The second-order valence-electron chi connectivity index (χ2n) is 27.9. The number of aliphatic hydroxyl groups is 9. The molecule has 4 heterocycles. The van der Waals surface area contributed by atoms with E-state index in [-0.39, 0.29) is 29.8 Å². The number of ether oxygens (including phenoxy) is 12. The van der Waals surface area contributed by atoms with E-state index in [1.165, 1.54) is 5.57 Å². The Morgan fingerprint density at radius 3 is 1.79 bits per heavy atom. The van der Waals surface area contributed by atoms with E-state index >= 15 is 0 Å². The number of fused-ring (bicyclic) bond motifs is 7. The summed E-state index contributed by atoms with van der Waals surface area (Å²) in [5.41, 5.74) is -2.40. The van der Waals surface area contributed by atoms with Crippen LogP contribution in [0.1, 0.15) is 128 Å². The summed E-state index contributed by atoms with van der Waals surface area (Å²) in [7, 11) is 0. The predicted molar refractivity (Wildman–Crippen MR) is 292 cm³/mol. The molecule has 0 aromatic rings. The number of carboxylic acids is 1. The number of aliphatic hydroxyl groups excluding tert-OH is 9. The van der Waals surface area contributed by atoms with Crippen LogP contribution in [0.4, 0.5) is 0 Å². The average molecular weight is 1250 g/mol. The van der Waals surface area contributed by atoms with Crippen molar-refractivity contribution in [2.24, 2.45) is 50.2 Å². The molecule has 5 aliphatic carbocycles. The standard InChI is InChI=1S/C60H92O27/c1-25(62)76-23-33-43(79-26(2)63)46(80-27(3)64)47(81-28(4)65)54(82-33)84-42-32(67)22-78-52(41(42)72)87-49-48(73)55(5,6)20-30-29-12-13-35-57(8)16-15-36(58(9,24-61)34(57)14-17-60(35,11)59(29,10)19-18-56(30,49)7)83-53-45(39(70)38(69)44(85-53)50(74)75)86-51-40(71)37(68)31(66)21-77-51/h12,30-49,51-54,61,66-73H,13-24H2,1-11H3,(H,74,75)/t30-,31-,32-,33+,34+,35+,36-,37-,38-,39-,40+,41+,42-,43+,44-,45+,46-,47+,48-,49+,51-,52-,53+,54-,56+,57-,58+,59+,60+/m0/s1. The lowest BCUT2D eigenvalue weighted by Crippen LogP contribution is -2.69. The highest BCUT2D eigenvalue weighted by Gasteiger charge is 2.71. The van der Waals surface area contributed by atoms with E-state index in [2.05, 4.69) is 33.8 Å². The average Bonchev–Trinajstić information content (AvgIpc) is 0.680. The summed E-state index contributed by atoms with van der Waals surface area (Å²) in [4.78, 5) is 61.9. The number of rotatable bonds is 15. The van der Waals surface area contributed by atoms with Gasteiger partial charge in [0.05, 0.1) is 38.1 Å². The third-order valence-electron chi connectivity index (χ3n) is 22.2. The first-order chi connectivity index (χ1) is 40.6. The lowest BCUT2D eigenvalue weighted by Gasteiger charge is -2.72. The largest absolute Gasteiger partial charge is 0.479 e. The van der Waals surface area contributed by atoms with E-state index in [0.29, 0.717) is 44.9 Å². The molecule has 10 N–H and O–H groups in total. The van der Waals surface area contributed by atoms with Crippen LogP contribution >= 0.6 is 0 Å². The van der Waals surface area contributed by atoms with Crippen LogP contribution < -0.4 is 0 Å². The van der Waals surface area contributed by atoms with Crippen molar-refractivity contribution >= 4 is 29.8 Å². The van der Waals surface area contributed by atoms with Crippen LogP contribution in [0.15, 0.2) is 11.6 Å². The highest BCUT2D eigenvalue weighted by Crippen LogP contribution is 2.76. The monoisotopic (exact) mass is 1240 g/mol. The number of carbonyl (C=O) groups excluding carboxylic acids is 4. The van der Waals surface area contributed by atoms with Crippen molar-refractivity contribution in [3.05, 3.63) is 11.6 Å². The molecule has 87 heavy (non-hydrogen) atoms. The summed E-state index contributed by atoms with van der Waals surface area (Å²) in [6.07, 6.45) is -25.9. The van der Waals surface area contributed by atoms with Crippen LogP contribution in [0.2, 0.25) is 0 Å². The molecule has 0 aromatic carbocycles. The number of allylic oxidation sites excluding steroid dienone is 2. The van der Waals surface area contributed by atoms with Gasteiger partial charge >= 0.3 is 29.8 Å². The van der Waals surface area contributed by atoms with Crippen molar-refractivity contribution in [2.45, 2.75) is 256 Å². The first kappa shape index (κ1) is 67.8. The summed E-state index contributed by atoms with van der Waals surface area (Å²) in [6, 6.07) is 0. The molecule has 4 aliphatic heterocycles. The van der Waals surface area contributed by atoms with Gasteiger partial charge in [0.25, 0.3) is 0 Å². The Labute approximate surface area is 505 Å². The maximum atomic E-state index is 12.6. The normalized spacial score (nSPS) is 49.4. The molecule has 0 spiro atoms. The van der Waals surface area contributed by atoms with Gasteiger partial charge in [-0.1, -0.05) is 60.1 Å². The molecular weight excluding hydrogens is 1150 g/mol. The second kappa shape index (κ2) is 25.1. The van der Waals surface area contributed by atoms with Gasteiger partial charge in [0.1, 0.15) is 67.6 Å². The highest BCUT2D eigenvalue weighted by atomic mass is 16.8. The van der Waals surface area contributed by atoms with Gasteiger partial charge in [-0.05, 0) is 90.8 Å². The molecule has 27 nitrogen and oxygen atoms in total. The number of esters is 4. The number of hydrogen-bond donors (Lipinski definition) is 10. The Balaban J connectivity index is 0.959. The lowest BCUT2D eigenvalue weighted by atomic mass is 9.33. The van der Waals surface area contributed by atoms with Crippen LogP contribution in [-0.2, 0) is 80.8 Å². The Morgan fingerprint density at radius 2 is 1.17 bits per heavy atom. The molecular formula is C60H92O27. The van der Waals surface area contributed by atoms with Crippen LogP contribution in [0, 0.1) is 50.2 Å². The van der Waals surface area contributed by atoms with Gasteiger partial charge < -0.3 is 108 Å². The molecule has 494 valence electrons. The predicted octanol–water partition coefficient (Wildman–Crippen LogP) is 0.0334. The van der Waals surface area contributed by atoms with Gasteiger partial charge in [-0.25, -0.2) is 4.79 Å². The van der Waals surface area contributed by atoms with E-state index in [1.54, 1.807) is 0 Å². The zero-order valence-corrected chi connectivity index (χ0v) is 51.3. The van der Waals surface area contributed by atoms with Crippen molar-refractivity contribution in [3.63, 3.8) is 0 Å². The van der Waals surface area contributed by atoms with E-state index in [9.17, 15) is 75.0 Å². The molecule has 8 fully saturated rings. The molecule has 29 atom stereocenters. The maximum Gasteiger partial charge on any atom is 0.335 e. The summed E-state index contributed by atoms with van der Waals surface area (Å²) in [6.45, 7) is 17.5. The Hall–Kier alpha value is -3.59. The molecule has 4 saturated heterocycles. The molecule has 9 rings (SSSR count). The first-order valence-electron chi connectivity index (χ1n) is 30.4. The van der Waals surface area contributed by atoms with Gasteiger partial charge in [0.2, 0.25) is 0 Å². The van der Waals surface area contributed by atoms with E-state index < -0.39 is 206 Å². The fourth-order valence-electron chi connectivity index (χ4n) is 17.3. The quantitative estimate of drug-likeness (QED) is 0.0448. The number of carbonyl (C=O) groups is 5. The van der Waals surface area contributed by atoms with Crippen molar-refractivity contribution in [2.75, 3.05) is 26.4 Å². The van der Waals surface area contributed by atoms with E-state index in [4.69, 9.17) is 56.8 Å². The minimum Gasteiger partial charge on any atom is -0.479 e. The summed E-state index contributed by atoms with van der Waals surface area (Å²) >= 11 is 0. The van der Waals surface area contributed by atoms with Gasteiger partial charge in [-0.2, -0.15) is 0 Å². The fourth-order valence-corrected chi connectivity index (χ4v) is 17.3. The zero-order valence-electron chi connectivity index (χ0n) is 51.3. The van der Waals surface area contributed by atoms with Crippen molar-refractivity contribution in [3.8, 4) is 0 Å². The van der Waals surface area contributed by atoms with Crippen LogP contribution in [-0.4, -0.2) is 236 Å². The van der Waals surface area contributed by atoms with E-state index in [1.807, 2.05) is 20.8 Å². The number of hydrogen-bond acceptors (Lipinski definition) is 26. The number of carboxylic acid groups (broad SMARTS) is 1. The van der Waals surface area contributed by atoms with Crippen LogP contribution in [0.25, 0.3) is 0 Å². The maximum absolute atomic E-state index is 12.6. The molecule has 4 saturated carbocycles. The van der Waals surface area contributed by atoms with Crippen molar-refractivity contribution < 1.29 is 132 Å². The minimum absolute atomic E-state index is 0.0709. The van der Waals surface area contributed by atoms with Crippen molar-refractivity contribution in [1.29, 1.82) is 0 Å². The van der Waals surface area contributed by atoms with Gasteiger partial charge in [-0.3, -0.25) is 19.2 Å². The van der Waals surface area contributed by atoms with Gasteiger partial charge in [0, 0.05) is 38.5 Å². The van der Waals surface area contributed by atoms with Crippen LogP contribution in [0.3, 0.4) is 0 Å². The zero-order chi connectivity index (χ0) is 64.0. The third kappa shape index (κ3) is 12.0. The minimum atomic E-state index is -2.00. The SMILES string of the molecule is CC(=O)OC[C@H]1O[C@@H](O[C@@H]2[C@@H](O)[C@H](O[C@@H]3[C@H](O)C(C)(C)C[C@H]4C5=CC[C@@H]6[C@@]7(C)CC[C@H](O[C@@H]8O[C@H](C(=O)O)[C@@H](O)[C@H](O)[C@H]8O[C@@H]8OC[C@H](O)[C@H](O)[C@H]8O)[C@](C)(CO)[C@@H]7CC[C@@]6(C)[C@]5(C)CC[C@@]34C)OC[C@@H]2O)[C@H](OC(C)=O)[C@@H](OC(C)=O)[C@@H]1OC(C)=O. The molecule has 0 unspecified atom stereocenters. The molecule has 0 aromatic heterocycles. The summed E-state index contributed by atoms with van der Waals surface area (Å²) in [5.74, 6) is -5.18. The van der Waals surface area contributed by atoms with Crippen LogP contribution in [0.5, 0.6) is 0 Å².